The number of rotatable bonds is 16. The van der Waals surface area contributed by atoms with E-state index in [0.717, 1.165) is 19.3 Å². The summed E-state index contributed by atoms with van der Waals surface area (Å²) in [4.78, 5) is 33.2. The van der Waals surface area contributed by atoms with E-state index in [2.05, 4.69) is 12.2 Å². The minimum atomic E-state index is -1.49. The van der Waals surface area contributed by atoms with Crippen LogP contribution in [-0.2, 0) is 14.4 Å². The van der Waals surface area contributed by atoms with Crippen LogP contribution in [0.5, 0.6) is 0 Å². The standard InChI is InChI=1S/C18H34N2O4/c1-2-3-4-5-6-7-8-9-10-11-12-13-17(22)20-15(18(23)24)14-16(19)21/h15H,2-14H2,1H3,(H2,19,21)(H,20,22)(H,23,24)/p-1/t15-/m1/s1. The maximum Gasteiger partial charge on any atom is 0.220 e. The third kappa shape index (κ3) is 14.0. The second kappa shape index (κ2) is 15.0. The lowest BCUT2D eigenvalue weighted by Crippen LogP contribution is -2.49. The summed E-state index contributed by atoms with van der Waals surface area (Å²) in [5.41, 5.74) is 4.94. The molecule has 6 nitrogen and oxygen atoms in total. The molecule has 140 valence electrons. The number of carboxylic acids is 1. The first-order valence-corrected chi connectivity index (χ1v) is 9.25. The Morgan fingerprint density at radius 3 is 1.75 bits per heavy atom. The number of unbranched alkanes of at least 4 members (excludes halogenated alkanes) is 10. The molecule has 0 spiro atoms. The van der Waals surface area contributed by atoms with Gasteiger partial charge in [0.15, 0.2) is 0 Å². The van der Waals surface area contributed by atoms with E-state index < -0.39 is 24.3 Å². The van der Waals surface area contributed by atoms with Crippen molar-refractivity contribution in [3.8, 4) is 0 Å². The molecule has 0 aromatic rings. The molecule has 0 rings (SSSR count). The van der Waals surface area contributed by atoms with E-state index in [-0.39, 0.29) is 12.3 Å². The molecule has 0 aromatic carbocycles. The second-order valence-corrected chi connectivity index (χ2v) is 6.40. The Labute approximate surface area is 145 Å². The van der Waals surface area contributed by atoms with Gasteiger partial charge in [-0.15, -0.1) is 0 Å². The Morgan fingerprint density at radius 2 is 1.33 bits per heavy atom. The van der Waals surface area contributed by atoms with E-state index in [1.807, 2.05) is 0 Å². The number of amides is 2. The van der Waals surface area contributed by atoms with Crippen LogP contribution in [0.25, 0.3) is 0 Å². The molecule has 0 aliphatic rings. The van der Waals surface area contributed by atoms with Gasteiger partial charge in [0.2, 0.25) is 11.8 Å². The van der Waals surface area contributed by atoms with Crippen LogP contribution in [0.2, 0.25) is 0 Å². The molecule has 0 aliphatic carbocycles. The summed E-state index contributed by atoms with van der Waals surface area (Å²) in [5, 5.41) is 13.1. The van der Waals surface area contributed by atoms with Crippen molar-refractivity contribution in [1.29, 1.82) is 0 Å². The number of primary amides is 1. The van der Waals surface area contributed by atoms with Crippen LogP contribution >= 0.6 is 0 Å². The zero-order valence-corrected chi connectivity index (χ0v) is 15.0. The van der Waals surface area contributed by atoms with Crippen molar-refractivity contribution in [2.75, 3.05) is 0 Å². The van der Waals surface area contributed by atoms with Gasteiger partial charge in [-0.1, -0.05) is 71.1 Å². The minimum Gasteiger partial charge on any atom is -0.548 e. The zero-order chi connectivity index (χ0) is 18.2. The van der Waals surface area contributed by atoms with Gasteiger partial charge in [0.25, 0.3) is 0 Å². The molecule has 0 aliphatic heterocycles. The Balaban J connectivity index is 3.54. The molecule has 6 heteroatoms. The van der Waals surface area contributed by atoms with E-state index in [1.54, 1.807) is 0 Å². The quantitative estimate of drug-likeness (QED) is 0.417. The van der Waals surface area contributed by atoms with Gasteiger partial charge in [-0.25, -0.2) is 0 Å². The van der Waals surface area contributed by atoms with Crippen LogP contribution in [0.15, 0.2) is 0 Å². The Kier molecular flexibility index (Phi) is 14.0. The molecule has 1 atom stereocenters. The average Bonchev–Trinajstić information content (AvgIpc) is 2.51. The Morgan fingerprint density at radius 1 is 0.875 bits per heavy atom. The predicted molar refractivity (Wildman–Crippen MR) is 91.8 cm³/mol. The summed E-state index contributed by atoms with van der Waals surface area (Å²) < 4.78 is 0. The summed E-state index contributed by atoms with van der Waals surface area (Å²) in [7, 11) is 0. The highest BCUT2D eigenvalue weighted by Crippen LogP contribution is 2.11. The van der Waals surface area contributed by atoms with Crippen LogP contribution in [0.1, 0.15) is 90.4 Å². The number of aliphatic carboxylic acids is 1. The molecule has 0 fully saturated rings. The lowest BCUT2D eigenvalue weighted by Gasteiger charge is -2.18. The molecule has 0 heterocycles. The van der Waals surface area contributed by atoms with Gasteiger partial charge in [-0.05, 0) is 6.42 Å². The lowest BCUT2D eigenvalue weighted by molar-refractivity contribution is -0.308. The van der Waals surface area contributed by atoms with E-state index in [4.69, 9.17) is 5.73 Å². The SMILES string of the molecule is CCCCCCCCCCCCCC(=O)N[C@H](CC(N)=O)C(=O)[O-]. The van der Waals surface area contributed by atoms with Gasteiger partial charge in [-0.3, -0.25) is 9.59 Å². The third-order valence-electron chi connectivity index (χ3n) is 4.03. The zero-order valence-electron chi connectivity index (χ0n) is 15.0. The molecule has 0 saturated heterocycles. The number of hydrogen-bond acceptors (Lipinski definition) is 4. The van der Waals surface area contributed by atoms with Crippen molar-refractivity contribution < 1.29 is 19.5 Å². The van der Waals surface area contributed by atoms with Crippen molar-refractivity contribution >= 4 is 17.8 Å². The fraction of sp³-hybridized carbons (Fsp3) is 0.833. The highest BCUT2D eigenvalue weighted by Gasteiger charge is 2.15. The lowest BCUT2D eigenvalue weighted by atomic mass is 10.1. The summed E-state index contributed by atoms with van der Waals surface area (Å²) >= 11 is 0. The van der Waals surface area contributed by atoms with Gasteiger partial charge < -0.3 is 21.0 Å². The average molecular weight is 341 g/mol. The normalized spacial score (nSPS) is 11.9. The second-order valence-electron chi connectivity index (χ2n) is 6.40. The van der Waals surface area contributed by atoms with Crippen LogP contribution in [0.3, 0.4) is 0 Å². The number of carbonyl (C=O) groups excluding carboxylic acids is 3. The number of nitrogens with one attached hydrogen (secondary N) is 1. The van der Waals surface area contributed by atoms with Gasteiger partial charge in [0.05, 0.1) is 18.4 Å². The summed E-state index contributed by atoms with van der Waals surface area (Å²) in [6.45, 7) is 2.22. The van der Waals surface area contributed by atoms with Crippen LogP contribution in [0.4, 0.5) is 0 Å². The van der Waals surface area contributed by atoms with Gasteiger partial charge in [0.1, 0.15) is 0 Å². The maximum atomic E-state index is 11.6. The molecule has 0 radical (unpaired) electrons. The van der Waals surface area contributed by atoms with Crippen LogP contribution in [-0.4, -0.2) is 23.8 Å². The minimum absolute atomic E-state index is 0.263. The highest BCUT2D eigenvalue weighted by atomic mass is 16.4. The van der Waals surface area contributed by atoms with Crippen molar-refractivity contribution in [2.24, 2.45) is 5.73 Å². The van der Waals surface area contributed by atoms with Crippen LogP contribution < -0.4 is 16.2 Å². The fourth-order valence-corrected chi connectivity index (χ4v) is 2.61. The largest absolute Gasteiger partial charge is 0.548 e. The molecule has 24 heavy (non-hydrogen) atoms. The summed E-state index contributed by atoms with van der Waals surface area (Å²) in [5.74, 6) is -2.64. The number of carbonyl (C=O) groups is 3. The first-order chi connectivity index (χ1) is 11.5. The fourth-order valence-electron chi connectivity index (χ4n) is 2.61. The monoisotopic (exact) mass is 341 g/mol. The van der Waals surface area contributed by atoms with Gasteiger partial charge in [-0.2, -0.15) is 0 Å². The van der Waals surface area contributed by atoms with Crippen molar-refractivity contribution in [3.05, 3.63) is 0 Å². The molecule has 0 aromatic heterocycles. The molecule has 0 saturated carbocycles. The number of nitrogens with two attached hydrogens (primary N) is 1. The van der Waals surface area contributed by atoms with E-state index in [0.29, 0.717) is 0 Å². The van der Waals surface area contributed by atoms with Crippen molar-refractivity contribution in [2.45, 2.75) is 96.4 Å². The Hall–Kier alpha value is -1.59. The van der Waals surface area contributed by atoms with Crippen LogP contribution in [0, 0.1) is 0 Å². The summed E-state index contributed by atoms with van der Waals surface area (Å²) in [6, 6.07) is -1.33. The predicted octanol–water partition coefficient (Wildman–Crippen LogP) is 1.80. The maximum absolute atomic E-state index is 11.6. The van der Waals surface area contributed by atoms with Gasteiger partial charge >= 0.3 is 0 Å². The van der Waals surface area contributed by atoms with Gasteiger partial charge in [0, 0.05) is 6.42 Å². The van der Waals surface area contributed by atoms with E-state index in [1.165, 1.54) is 51.4 Å². The van der Waals surface area contributed by atoms with Crippen molar-refractivity contribution in [3.63, 3.8) is 0 Å². The molecule has 3 N–H and O–H groups in total. The first kappa shape index (κ1) is 22.4. The van der Waals surface area contributed by atoms with E-state index in [9.17, 15) is 19.5 Å². The topological polar surface area (TPSA) is 112 Å². The highest BCUT2D eigenvalue weighted by molar-refractivity contribution is 5.87. The Bertz CT molecular complexity index is 372. The number of hydrogen-bond donors (Lipinski definition) is 2. The molecule has 2 amide bonds. The first-order valence-electron chi connectivity index (χ1n) is 9.25. The molecular weight excluding hydrogens is 308 g/mol. The molecule has 0 bridgehead atoms. The summed E-state index contributed by atoms with van der Waals surface area (Å²) in [6.07, 6.45) is 12.9. The molecule has 0 unspecified atom stereocenters. The smallest absolute Gasteiger partial charge is 0.220 e. The third-order valence-corrected chi connectivity index (χ3v) is 4.03. The molecular formula is C18H33N2O4-. The van der Waals surface area contributed by atoms with E-state index >= 15 is 0 Å². The number of carboxylic acid groups (broad SMARTS) is 1. The van der Waals surface area contributed by atoms with Crippen molar-refractivity contribution in [1.82, 2.24) is 5.32 Å².